The summed E-state index contributed by atoms with van der Waals surface area (Å²) in [6.45, 7) is 0.806. The summed E-state index contributed by atoms with van der Waals surface area (Å²) >= 11 is 0. The Morgan fingerprint density at radius 2 is 1.67 bits per heavy atom. The summed E-state index contributed by atoms with van der Waals surface area (Å²) in [4.78, 5) is 3.42. The zero-order valence-electron chi connectivity index (χ0n) is 12.7. The van der Waals surface area contributed by atoms with E-state index in [2.05, 4.69) is 16.4 Å². The topological polar surface area (TPSA) is 27.8 Å². The molecule has 3 aromatic rings. The van der Waals surface area contributed by atoms with Crippen molar-refractivity contribution in [1.29, 1.82) is 0 Å². The second kappa shape index (κ2) is 6.15. The first-order valence-corrected chi connectivity index (χ1v) is 7.54. The Bertz CT molecular complexity index is 853. The highest BCUT2D eigenvalue weighted by atomic mass is 35.5. The van der Waals surface area contributed by atoms with Crippen LogP contribution in [0.25, 0.3) is 10.9 Å². The molecule has 1 aromatic heterocycles. The lowest BCUT2D eigenvalue weighted by atomic mass is 9.94. The number of H-pyrrole nitrogens is 1. The average molecular weight is 353 g/mol. The molecule has 0 saturated heterocycles. The molecule has 0 fully saturated rings. The quantitative estimate of drug-likeness (QED) is 0.644. The molecule has 0 bridgehead atoms. The Labute approximate surface area is 143 Å². The van der Waals surface area contributed by atoms with Gasteiger partial charge in [-0.25, -0.2) is 0 Å². The number of hydrogen-bond donors (Lipinski definition) is 2. The zero-order chi connectivity index (χ0) is 16.0. The third-order valence-electron chi connectivity index (χ3n) is 4.43. The Balaban J connectivity index is 0.00000169. The van der Waals surface area contributed by atoms with Gasteiger partial charge >= 0.3 is 6.18 Å². The molecule has 2 nitrogen and oxygen atoms in total. The Hall–Kier alpha value is -1.98. The SMILES string of the molecule is Cl.FC(F)(F)c1ccc(C2NCCc3c2[nH]c2ccccc32)cc1. The molecule has 126 valence electrons. The van der Waals surface area contributed by atoms with Gasteiger partial charge in [0.1, 0.15) is 0 Å². The zero-order valence-corrected chi connectivity index (χ0v) is 13.5. The normalized spacial score (nSPS) is 17.4. The molecule has 1 unspecified atom stereocenters. The van der Waals surface area contributed by atoms with E-state index in [1.165, 1.54) is 10.9 Å². The molecule has 0 aliphatic carbocycles. The van der Waals surface area contributed by atoms with Crippen molar-refractivity contribution in [2.24, 2.45) is 0 Å². The lowest BCUT2D eigenvalue weighted by Crippen LogP contribution is -2.30. The smallest absolute Gasteiger partial charge is 0.357 e. The van der Waals surface area contributed by atoms with E-state index in [0.29, 0.717) is 0 Å². The van der Waals surface area contributed by atoms with Gasteiger partial charge in [-0.1, -0.05) is 30.3 Å². The van der Waals surface area contributed by atoms with Gasteiger partial charge < -0.3 is 10.3 Å². The van der Waals surface area contributed by atoms with E-state index >= 15 is 0 Å². The molecule has 24 heavy (non-hydrogen) atoms. The maximum Gasteiger partial charge on any atom is 0.416 e. The van der Waals surface area contributed by atoms with Gasteiger partial charge in [0.15, 0.2) is 0 Å². The number of fused-ring (bicyclic) bond motifs is 3. The van der Waals surface area contributed by atoms with Crippen molar-refractivity contribution in [2.75, 3.05) is 6.54 Å². The van der Waals surface area contributed by atoms with E-state index in [1.807, 2.05) is 18.2 Å². The number of hydrogen-bond acceptors (Lipinski definition) is 1. The lowest BCUT2D eigenvalue weighted by molar-refractivity contribution is -0.137. The van der Waals surface area contributed by atoms with E-state index in [9.17, 15) is 13.2 Å². The molecule has 1 atom stereocenters. The number of rotatable bonds is 1. The minimum Gasteiger partial charge on any atom is -0.357 e. The molecule has 1 aliphatic heterocycles. The molecule has 2 N–H and O–H groups in total. The van der Waals surface area contributed by atoms with Crippen molar-refractivity contribution in [1.82, 2.24) is 10.3 Å². The largest absolute Gasteiger partial charge is 0.416 e. The highest BCUT2D eigenvalue weighted by Gasteiger charge is 2.31. The fourth-order valence-corrected chi connectivity index (χ4v) is 3.33. The first-order chi connectivity index (χ1) is 11.0. The van der Waals surface area contributed by atoms with Gasteiger partial charge in [-0.05, 0) is 35.7 Å². The van der Waals surface area contributed by atoms with Crippen molar-refractivity contribution in [3.05, 3.63) is 70.9 Å². The number of para-hydroxylation sites is 1. The Morgan fingerprint density at radius 3 is 2.38 bits per heavy atom. The van der Waals surface area contributed by atoms with E-state index < -0.39 is 11.7 Å². The molecular weight excluding hydrogens is 337 g/mol. The monoisotopic (exact) mass is 352 g/mol. The Morgan fingerprint density at radius 1 is 0.958 bits per heavy atom. The molecule has 4 rings (SSSR count). The Kier molecular flexibility index (Phi) is 4.32. The van der Waals surface area contributed by atoms with Crippen LogP contribution in [0.15, 0.2) is 48.5 Å². The fraction of sp³-hybridized carbons (Fsp3) is 0.222. The lowest BCUT2D eigenvalue weighted by Gasteiger charge is -2.25. The van der Waals surface area contributed by atoms with Crippen LogP contribution in [0.4, 0.5) is 13.2 Å². The number of aromatic amines is 1. The number of alkyl halides is 3. The standard InChI is InChI=1S/C18H15F3N2.ClH/c19-18(20,21)12-7-5-11(6-8-12)16-17-14(9-10-22-16)13-3-1-2-4-15(13)23-17;/h1-8,16,22-23H,9-10H2;1H. The third kappa shape index (κ3) is 2.78. The predicted octanol–water partition coefficient (Wildman–Crippen LogP) is 4.84. The minimum absolute atomic E-state index is 0. The fourth-order valence-electron chi connectivity index (χ4n) is 3.33. The summed E-state index contributed by atoms with van der Waals surface area (Å²) in [5, 5.41) is 4.59. The van der Waals surface area contributed by atoms with Crippen LogP contribution >= 0.6 is 12.4 Å². The van der Waals surface area contributed by atoms with Crippen molar-refractivity contribution in [2.45, 2.75) is 18.6 Å². The van der Waals surface area contributed by atoms with Crippen LogP contribution in [0, 0.1) is 0 Å². The summed E-state index contributed by atoms with van der Waals surface area (Å²) in [5.74, 6) is 0. The van der Waals surface area contributed by atoms with Crippen LogP contribution in [-0.2, 0) is 12.6 Å². The number of halogens is 4. The van der Waals surface area contributed by atoms with Crippen LogP contribution in [0.2, 0.25) is 0 Å². The van der Waals surface area contributed by atoms with Gasteiger partial charge in [0.25, 0.3) is 0 Å². The van der Waals surface area contributed by atoms with Crippen LogP contribution in [-0.4, -0.2) is 11.5 Å². The predicted molar refractivity (Wildman–Crippen MR) is 90.5 cm³/mol. The van der Waals surface area contributed by atoms with Gasteiger partial charge in [0.2, 0.25) is 0 Å². The summed E-state index contributed by atoms with van der Waals surface area (Å²) in [7, 11) is 0. The van der Waals surface area contributed by atoms with E-state index in [0.717, 1.165) is 41.9 Å². The highest BCUT2D eigenvalue weighted by Crippen LogP contribution is 2.35. The molecular formula is C18H16ClF3N2. The van der Waals surface area contributed by atoms with Crippen LogP contribution in [0.5, 0.6) is 0 Å². The molecule has 6 heteroatoms. The first-order valence-electron chi connectivity index (χ1n) is 7.54. The van der Waals surface area contributed by atoms with Gasteiger partial charge in [-0.15, -0.1) is 12.4 Å². The van der Waals surface area contributed by atoms with E-state index in [1.54, 1.807) is 12.1 Å². The summed E-state index contributed by atoms with van der Waals surface area (Å²) < 4.78 is 38.2. The van der Waals surface area contributed by atoms with Gasteiger partial charge in [-0.3, -0.25) is 0 Å². The van der Waals surface area contributed by atoms with Crippen molar-refractivity contribution >= 4 is 23.3 Å². The van der Waals surface area contributed by atoms with E-state index in [4.69, 9.17) is 0 Å². The molecule has 2 aromatic carbocycles. The van der Waals surface area contributed by atoms with Crippen molar-refractivity contribution in [3.63, 3.8) is 0 Å². The van der Waals surface area contributed by atoms with E-state index in [-0.39, 0.29) is 18.4 Å². The second-order valence-corrected chi connectivity index (χ2v) is 5.82. The van der Waals surface area contributed by atoms with Crippen LogP contribution in [0.1, 0.15) is 28.4 Å². The summed E-state index contributed by atoms with van der Waals surface area (Å²) in [5.41, 5.74) is 3.60. The maximum atomic E-state index is 12.7. The summed E-state index contributed by atoms with van der Waals surface area (Å²) in [6, 6.07) is 13.4. The van der Waals surface area contributed by atoms with Gasteiger partial charge in [0, 0.05) is 23.1 Å². The highest BCUT2D eigenvalue weighted by molar-refractivity contribution is 5.85. The van der Waals surface area contributed by atoms with Crippen LogP contribution < -0.4 is 5.32 Å². The van der Waals surface area contributed by atoms with Crippen molar-refractivity contribution < 1.29 is 13.2 Å². The molecule has 0 spiro atoms. The maximum absolute atomic E-state index is 12.7. The molecule has 1 aliphatic rings. The summed E-state index contributed by atoms with van der Waals surface area (Å²) in [6.07, 6.45) is -3.39. The minimum atomic E-state index is -4.30. The van der Waals surface area contributed by atoms with Gasteiger partial charge in [0.05, 0.1) is 11.6 Å². The molecule has 2 heterocycles. The second-order valence-electron chi connectivity index (χ2n) is 5.82. The average Bonchev–Trinajstić information content (AvgIpc) is 2.93. The third-order valence-corrected chi connectivity index (χ3v) is 4.43. The first kappa shape index (κ1) is 16.9. The molecule has 0 radical (unpaired) electrons. The number of aromatic nitrogens is 1. The molecule has 0 amide bonds. The van der Waals surface area contributed by atoms with Gasteiger partial charge in [-0.2, -0.15) is 13.2 Å². The number of benzene rings is 2. The number of nitrogens with one attached hydrogen (secondary N) is 2. The molecule has 0 saturated carbocycles. The van der Waals surface area contributed by atoms with Crippen molar-refractivity contribution in [3.8, 4) is 0 Å². The van der Waals surface area contributed by atoms with Crippen LogP contribution in [0.3, 0.4) is 0 Å².